The molecule has 0 aliphatic heterocycles. The highest BCUT2D eigenvalue weighted by molar-refractivity contribution is 5.76. The molecule has 0 aliphatic carbocycles. The molecule has 0 bridgehead atoms. The molecular formula is C8H12BO8. The summed E-state index contributed by atoms with van der Waals surface area (Å²) in [6.07, 6.45) is -1.19. The predicted octanol–water partition coefficient (Wildman–Crippen LogP) is -0.509. The highest BCUT2D eigenvalue weighted by Crippen LogP contribution is 1.86. The van der Waals surface area contributed by atoms with Crippen molar-refractivity contribution in [1.82, 2.24) is 0 Å². The highest BCUT2D eigenvalue weighted by atomic mass is 16.4. The van der Waals surface area contributed by atoms with E-state index in [1.165, 1.54) is 0 Å². The molecule has 0 amide bonds. The molecule has 4 N–H and O–H groups in total. The van der Waals surface area contributed by atoms with Gasteiger partial charge < -0.3 is 20.4 Å². The fourth-order valence-corrected chi connectivity index (χ4v) is 0.428. The molecule has 0 rings (SSSR count). The standard InChI is InChI=1S/2C4H6O4.B/c2*5-3(6)1-2-4(7)8;/h2*1-2H2,(H,5,6)(H,7,8);. The van der Waals surface area contributed by atoms with Crippen LogP contribution in [0.4, 0.5) is 0 Å². The number of rotatable bonds is 6. The molecule has 17 heavy (non-hydrogen) atoms. The zero-order valence-electron chi connectivity index (χ0n) is 8.83. The van der Waals surface area contributed by atoms with Gasteiger partial charge in [-0.15, -0.1) is 0 Å². The van der Waals surface area contributed by atoms with Crippen LogP contribution in [0.1, 0.15) is 25.7 Å². The second-order valence-electron chi connectivity index (χ2n) is 2.57. The number of aliphatic carboxylic acids is 4. The van der Waals surface area contributed by atoms with Crippen LogP contribution in [0.15, 0.2) is 0 Å². The summed E-state index contributed by atoms with van der Waals surface area (Å²) in [5, 5.41) is 31.6. The lowest BCUT2D eigenvalue weighted by Crippen LogP contribution is -2.00. The van der Waals surface area contributed by atoms with Crippen molar-refractivity contribution >= 4 is 32.3 Å². The Kier molecular flexibility index (Phi) is 14.4. The molecule has 0 heterocycles. The molecule has 0 fully saturated rings. The third-order valence-corrected chi connectivity index (χ3v) is 1.11. The Hall–Kier alpha value is -2.06. The first-order valence-corrected chi connectivity index (χ1v) is 4.13. The van der Waals surface area contributed by atoms with E-state index in [4.69, 9.17) is 20.4 Å². The quantitative estimate of drug-likeness (QED) is 0.458. The van der Waals surface area contributed by atoms with Gasteiger partial charge in [-0.05, 0) is 0 Å². The van der Waals surface area contributed by atoms with Crippen molar-refractivity contribution in [3.63, 3.8) is 0 Å². The molecule has 0 atom stereocenters. The maximum atomic E-state index is 9.64. The van der Waals surface area contributed by atoms with Gasteiger partial charge >= 0.3 is 23.9 Å². The molecule has 0 unspecified atom stereocenters. The van der Waals surface area contributed by atoms with E-state index < -0.39 is 23.9 Å². The smallest absolute Gasteiger partial charge is 0.303 e. The van der Waals surface area contributed by atoms with Crippen LogP contribution in [0.2, 0.25) is 0 Å². The Morgan fingerprint density at radius 3 is 0.706 bits per heavy atom. The Labute approximate surface area is 98.4 Å². The van der Waals surface area contributed by atoms with Gasteiger partial charge in [0, 0.05) is 8.41 Å². The summed E-state index contributed by atoms with van der Waals surface area (Å²) >= 11 is 0. The minimum Gasteiger partial charge on any atom is -0.481 e. The average Bonchev–Trinajstić information content (AvgIpc) is 2.12. The van der Waals surface area contributed by atoms with Crippen molar-refractivity contribution in [1.29, 1.82) is 0 Å². The van der Waals surface area contributed by atoms with Crippen LogP contribution in [0.5, 0.6) is 0 Å². The van der Waals surface area contributed by atoms with E-state index in [-0.39, 0.29) is 34.1 Å². The van der Waals surface area contributed by atoms with Gasteiger partial charge in [0.05, 0.1) is 25.7 Å². The summed E-state index contributed by atoms with van der Waals surface area (Å²) in [4.78, 5) is 38.6. The van der Waals surface area contributed by atoms with Crippen LogP contribution in [0.25, 0.3) is 0 Å². The van der Waals surface area contributed by atoms with Crippen LogP contribution in [-0.2, 0) is 19.2 Å². The third-order valence-electron chi connectivity index (χ3n) is 1.11. The van der Waals surface area contributed by atoms with E-state index >= 15 is 0 Å². The van der Waals surface area contributed by atoms with Crippen LogP contribution in [-0.4, -0.2) is 52.7 Å². The lowest BCUT2D eigenvalue weighted by Gasteiger charge is -1.85. The van der Waals surface area contributed by atoms with Gasteiger partial charge in [-0.2, -0.15) is 0 Å². The molecule has 8 nitrogen and oxygen atoms in total. The van der Waals surface area contributed by atoms with Crippen molar-refractivity contribution in [2.75, 3.05) is 0 Å². The Morgan fingerprint density at radius 2 is 0.647 bits per heavy atom. The fraction of sp³-hybridized carbons (Fsp3) is 0.500. The molecule has 0 aromatic carbocycles. The van der Waals surface area contributed by atoms with Crippen molar-refractivity contribution in [3.05, 3.63) is 0 Å². The molecule has 9 heteroatoms. The summed E-state index contributed by atoms with van der Waals surface area (Å²) in [5.74, 6) is -4.31. The second-order valence-corrected chi connectivity index (χ2v) is 2.57. The van der Waals surface area contributed by atoms with Crippen LogP contribution < -0.4 is 0 Å². The van der Waals surface area contributed by atoms with Crippen molar-refractivity contribution in [2.24, 2.45) is 0 Å². The van der Waals surface area contributed by atoms with Crippen molar-refractivity contribution < 1.29 is 39.6 Å². The first kappa shape index (κ1) is 20.4. The minimum absolute atomic E-state index is 0. The summed E-state index contributed by atoms with van der Waals surface area (Å²) in [5.41, 5.74) is 0. The van der Waals surface area contributed by atoms with Crippen LogP contribution in [0, 0.1) is 0 Å². The summed E-state index contributed by atoms with van der Waals surface area (Å²) in [7, 11) is 0. The first-order chi connectivity index (χ1) is 7.25. The number of hydrogen-bond acceptors (Lipinski definition) is 4. The normalized spacial score (nSPS) is 8.00. The zero-order chi connectivity index (χ0) is 13.1. The van der Waals surface area contributed by atoms with Crippen LogP contribution in [0.3, 0.4) is 0 Å². The largest absolute Gasteiger partial charge is 0.481 e. The summed E-state index contributed by atoms with van der Waals surface area (Å²) in [6, 6.07) is 0. The van der Waals surface area contributed by atoms with E-state index in [2.05, 4.69) is 0 Å². The van der Waals surface area contributed by atoms with E-state index in [0.717, 1.165) is 0 Å². The third kappa shape index (κ3) is 31.5. The first-order valence-electron chi connectivity index (χ1n) is 4.13. The van der Waals surface area contributed by atoms with E-state index in [0.29, 0.717) is 0 Å². The Morgan fingerprint density at radius 1 is 0.529 bits per heavy atom. The number of carboxylic acids is 4. The topological polar surface area (TPSA) is 149 Å². The minimum atomic E-state index is -1.08. The van der Waals surface area contributed by atoms with Gasteiger partial charge in [0.2, 0.25) is 0 Å². The van der Waals surface area contributed by atoms with Gasteiger partial charge in [0.1, 0.15) is 0 Å². The van der Waals surface area contributed by atoms with E-state index in [1.54, 1.807) is 0 Å². The number of carbonyl (C=O) groups is 4. The fourth-order valence-electron chi connectivity index (χ4n) is 0.428. The number of hydrogen-bond donors (Lipinski definition) is 4. The van der Waals surface area contributed by atoms with Crippen molar-refractivity contribution in [2.45, 2.75) is 25.7 Å². The molecule has 3 radical (unpaired) electrons. The lowest BCUT2D eigenvalue weighted by molar-refractivity contribution is -0.143. The molecule has 0 aromatic rings. The molecular weight excluding hydrogens is 235 g/mol. The summed E-state index contributed by atoms with van der Waals surface area (Å²) in [6.45, 7) is 0. The van der Waals surface area contributed by atoms with E-state index in [9.17, 15) is 19.2 Å². The van der Waals surface area contributed by atoms with Crippen molar-refractivity contribution in [3.8, 4) is 0 Å². The van der Waals surface area contributed by atoms with Gasteiger partial charge in [-0.25, -0.2) is 0 Å². The lowest BCUT2D eigenvalue weighted by atomic mass is 10.3. The predicted molar refractivity (Wildman–Crippen MR) is 54.8 cm³/mol. The van der Waals surface area contributed by atoms with Gasteiger partial charge in [-0.3, -0.25) is 19.2 Å². The molecule has 0 spiro atoms. The monoisotopic (exact) mass is 247 g/mol. The van der Waals surface area contributed by atoms with Gasteiger partial charge in [0.25, 0.3) is 0 Å². The maximum Gasteiger partial charge on any atom is 0.303 e. The van der Waals surface area contributed by atoms with Crippen LogP contribution >= 0.6 is 0 Å². The SMILES string of the molecule is O=C(O)CCC(=O)O.O=C(O)CCC(=O)O.[B]. The Bertz CT molecular complexity index is 219. The van der Waals surface area contributed by atoms with E-state index in [1.807, 2.05) is 0 Å². The maximum absolute atomic E-state index is 9.64. The average molecular weight is 247 g/mol. The van der Waals surface area contributed by atoms with Gasteiger partial charge in [-0.1, -0.05) is 0 Å². The summed E-state index contributed by atoms with van der Waals surface area (Å²) < 4.78 is 0. The molecule has 0 aliphatic rings. The molecule has 0 aromatic heterocycles. The molecule has 0 saturated heterocycles. The molecule has 0 saturated carbocycles. The molecule has 95 valence electrons. The second kappa shape index (κ2) is 12.0. The number of carboxylic acid groups (broad SMARTS) is 4. The van der Waals surface area contributed by atoms with Gasteiger partial charge in [0.15, 0.2) is 0 Å². The highest BCUT2D eigenvalue weighted by Gasteiger charge is 2.00. The Balaban J connectivity index is -0.000000218. The zero-order valence-corrected chi connectivity index (χ0v) is 8.83.